The monoisotopic (exact) mass is 356 g/mol. The minimum atomic E-state index is 0.120. The van der Waals surface area contributed by atoms with Gasteiger partial charge < -0.3 is 9.80 Å². The number of benzene rings is 1. The van der Waals surface area contributed by atoms with Crippen molar-refractivity contribution in [3.8, 4) is 0 Å². The van der Waals surface area contributed by atoms with E-state index in [0.717, 1.165) is 64.2 Å². The Kier molecular flexibility index (Phi) is 6.33. The Morgan fingerprint density at radius 2 is 1.50 bits per heavy atom. The summed E-state index contributed by atoms with van der Waals surface area (Å²) >= 11 is 0. The topological polar surface area (TPSA) is 40.6 Å². The van der Waals surface area contributed by atoms with E-state index in [9.17, 15) is 9.59 Å². The fourth-order valence-corrected chi connectivity index (χ4v) is 4.27. The van der Waals surface area contributed by atoms with Crippen LogP contribution >= 0.6 is 0 Å². The fourth-order valence-electron chi connectivity index (χ4n) is 4.27. The molecule has 0 saturated carbocycles. The van der Waals surface area contributed by atoms with Gasteiger partial charge in [-0.3, -0.25) is 9.59 Å². The van der Waals surface area contributed by atoms with E-state index in [1.807, 2.05) is 4.90 Å². The first-order chi connectivity index (χ1) is 12.5. The van der Waals surface area contributed by atoms with Crippen LogP contribution in [0, 0.1) is 18.8 Å². The van der Waals surface area contributed by atoms with Gasteiger partial charge in [0, 0.05) is 39.0 Å². The zero-order chi connectivity index (χ0) is 18.5. The van der Waals surface area contributed by atoms with E-state index >= 15 is 0 Å². The third-order valence-electron chi connectivity index (χ3n) is 6.18. The normalized spacial score (nSPS) is 19.6. The lowest BCUT2D eigenvalue weighted by atomic mass is 9.89. The number of rotatable bonds is 4. The largest absolute Gasteiger partial charge is 0.343 e. The quantitative estimate of drug-likeness (QED) is 0.829. The van der Waals surface area contributed by atoms with Crippen molar-refractivity contribution < 1.29 is 9.59 Å². The molecule has 0 radical (unpaired) electrons. The lowest BCUT2D eigenvalue weighted by Gasteiger charge is -2.37. The Labute approximate surface area is 157 Å². The molecule has 2 heterocycles. The predicted molar refractivity (Wildman–Crippen MR) is 104 cm³/mol. The van der Waals surface area contributed by atoms with E-state index in [2.05, 4.69) is 36.1 Å². The van der Waals surface area contributed by atoms with Crippen molar-refractivity contribution in [2.45, 2.75) is 52.4 Å². The number of piperidine rings is 2. The second-order valence-electron chi connectivity index (χ2n) is 8.07. The SMILES string of the molecule is CC(=O)N1CCC(C(=O)N2CCC(CCc3ccc(C)cc3)CC2)CC1. The molecule has 0 aromatic heterocycles. The highest BCUT2D eigenvalue weighted by atomic mass is 16.2. The highest BCUT2D eigenvalue weighted by molar-refractivity contribution is 5.79. The molecule has 2 aliphatic heterocycles. The molecule has 0 spiro atoms. The Hall–Kier alpha value is -1.84. The van der Waals surface area contributed by atoms with Crippen LogP contribution in [0.3, 0.4) is 0 Å². The summed E-state index contributed by atoms with van der Waals surface area (Å²) in [5, 5.41) is 0. The molecule has 1 aromatic carbocycles. The first-order valence-electron chi connectivity index (χ1n) is 10.1. The van der Waals surface area contributed by atoms with Crippen molar-refractivity contribution >= 4 is 11.8 Å². The minimum Gasteiger partial charge on any atom is -0.343 e. The van der Waals surface area contributed by atoms with Crippen LogP contribution in [0.4, 0.5) is 0 Å². The molecule has 142 valence electrons. The molecule has 2 saturated heterocycles. The summed E-state index contributed by atoms with van der Waals surface area (Å²) in [4.78, 5) is 28.1. The lowest BCUT2D eigenvalue weighted by molar-refractivity contribution is -0.141. The van der Waals surface area contributed by atoms with E-state index < -0.39 is 0 Å². The molecule has 0 N–H and O–H groups in total. The number of carbonyl (C=O) groups is 2. The number of carbonyl (C=O) groups excluding carboxylic acids is 2. The van der Waals surface area contributed by atoms with Crippen LogP contribution in [0.2, 0.25) is 0 Å². The van der Waals surface area contributed by atoms with Gasteiger partial charge in [-0.1, -0.05) is 29.8 Å². The second-order valence-corrected chi connectivity index (χ2v) is 8.07. The molecule has 0 aliphatic carbocycles. The van der Waals surface area contributed by atoms with Gasteiger partial charge >= 0.3 is 0 Å². The molecule has 0 bridgehead atoms. The van der Waals surface area contributed by atoms with Crippen molar-refractivity contribution in [3.63, 3.8) is 0 Å². The number of hydrogen-bond donors (Lipinski definition) is 0. The molecule has 2 aliphatic rings. The van der Waals surface area contributed by atoms with Crippen molar-refractivity contribution in [2.24, 2.45) is 11.8 Å². The van der Waals surface area contributed by atoms with Gasteiger partial charge in [-0.15, -0.1) is 0 Å². The summed E-state index contributed by atoms with van der Waals surface area (Å²) in [5.41, 5.74) is 2.74. The van der Waals surface area contributed by atoms with Crippen LogP contribution in [-0.2, 0) is 16.0 Å². The number of likely N-dealkylation sites (tertiary alicyclic amines) is 2. The molecule has 0 unspecified atom stereocenters. The van der Waals surface area contributed by atoms with Gasteiger partial charge in [-0.05, 0) is 56.9 Å². The third kappa shape index (κ3) is 4.87. The summed E-state index contributed by atoms with van der Waals surface area (Å²) in [7, 11) is 0. The van der Waals surface area contributed by atoms with Crippen LogP contribution < -0.4 is 0 Å². The third-order valence-corrected chi connectivity index (χ3v) is 6.18. The summed E-state index contributed by atoms with van der Waals surface area (Å²) in [6.07, 6.45) is 6.27. The molecular weight excluding hydrogens is 324 g/mol. The summed E-state index contributed by atoms with van der Waals surface area (Å²) in [6, 6.07) is 8.85. The lowest BCUT2D eigenvalue weighted by Crippen LogP contribution is -2.46. The van der Waals surface area contributed by atoms with Crippen molar-refractivity contribution in [3.05, 3.63) is 35.4 Å². The Balaban J connectivity index is 1.40. The van der Waals surface area contributed by atoms with E-state index in [-0.39, 0.29) is 11.8 Å². The summed E-state index contributed by atoms with van der Waals surface area (Å²) < 4.78 is 0. The molecule has 26 heavy (non-hydrogen) atoms. The van der Waals surface area contributed by atoms with E-state index in [4.69, 9.17) is 0 Å². The molecule has 0 atom stereocenters. The average Bonchev–Trinajstić information content (AvgIpc) is 2.67. The minimum absolute atomic E-state index is 0.120. The van der Waals surface area contributed by atoms with Crippen LogP contribution in [0.5, 0.6) is 0 Å². The van der Waals surface area contributed by atoms with Gasteiger partial charge in [0.25, 0.3) is 0 Å². The van der Waals surface area contributed by atoms with E-state index in [1.54, 1.807) is 6.92 Å². The Morgan fingerprint density at radius 1 is 0.923 bits per heavy atom. The van der Waals surface area contributed by atoms with Crippen molar-refractivity contribution in [1.82, 2.24) is 9.80 Å². The number of nitrogens with zero attached hydrogens (tertiary/aromatic N) is 2. The van der Waals surface area contributed by atoms with Gasteiger partial charge in [0.05, 0.1) is 0 Å². The number of amides is 2. The van der Waals surface area contributed by atoms with Crippen LogP contribution in [0.15, 0.2) is 24.3 Å². The number of aryl methyl sites for hydroxylation is 2. The van der Waals surface area contributed by atoms with Crippen LogP contribution in [-0.4, -0.2) is 47.8 Å². The molecule has 3 rings (SSSR count). The van der Waals surface area contributed by atoms with Gasteiger partial charge in [-0.2, -0.15) is 0 Å². The average molecular weight is 357 g/mol. The van der Waals surface area contributed by atoms with Crippen LogP contribution in [0.1, 0.15) is 50.2 Å². The summed E-state index contributed by atoms with van der Waals surface area (Å²) in [6.45, 7) is 7.02. The highest BCUT2D eigenvalue weighted by Gasteiger charge is 2.31. The molecule has 1 aromatic rings. The van der Waals surface area contributed by atoms with Gasteiger partial charge in [0.2, 0.25) is 11.8 Å². The molecule has 2 fully saturated rings. The Morgan fingerprint density at radius 3 is 2.08 bits per heavy atom. The molecular formula is C22H32N2O2. The van der Waals surface area contributed by atoms with E-state index in [0.29, 0.717) is 5.91 Å². The first kappa shape index (κ1) is 18.9. The second kappa shape index (κ2) is 8.70. The standard InChI is InChI=1S/C22H32N2O2/c1-17-3-5-19(6-4-17)7-8-20-9-13-24(14-10-20)22(26)21-11-15-23(16-12-21)18(2)25/h3-6,20-21H,7-16H2,1-2H3. The van der Waals surface area contributed by atoms with Gasteiger partial charge in [-0.25, -0.2) is 0 Å². The molecule has 2 amide bonds. The maximum absolute atomic E-state index is 12.8. The zero-order valence-electron chi connectivity index (χ0n) is 16.2. The number of hydrogen-bond acceptors (Lipinski definition) is 2. The summed E-state index contributed by atoms with van der Waals surface area (Å²) in [5.74, 6) is 1.31. The zero-order valence-corrected chi connectivity index (χ0v) is 16.2. The van der Waals surface area contributed by atoms with Crippen LogP contribution in [0.25, 0.3) is 0 Å². The van der Waals surface area contributed by atoms with E-state index in [1.165, 1.54) is 17.5 Å². The maximum atomic E-state index is 12.8. The van der Waals surface area contributed by atoms with Gasteiger partial charge in [0.15, 0.2) is 0 Å². The highest BCUT2D eigenvalue weighted by Crippen LogP contribution is 2.26. The maximum Gasteiger partial charge on any atom is 0.225 e. The van der Waals surface area contributed by atoms with Crippen molar-refractivity contribution in [2.75, 3.05) is 26.2 Å². The fraction of sp³-hybridized carbons (Fsp3) is 0.636. The predicted octanol–water partition coefficient (Wildman–Crippen LogP) is 3.42. The smallest absolute Gasteiger partial charge is 0.225 e. The molecule has 4 heteroatoms. The molecule has 4 nitrogen and oxygen atoms in total. The van der Waals surface area contributed by atoms with Gasteiger partial charge in [0.1, 0.15) is 0 Å². The van der Waals surface area contributed by atoms with Crippen molar-refractivity contribution in [1.29, 1.82) is 0 Å². The Bertz CT molecular complexity index is 610. The first-order valence-corrected chi connectivity index (χ1v) is 10.1.